The highest BCUT2D eigenvalue weighted by atomic mass is 17.2. The zero-order chi connectivity index (χ0) is 21.0. The second-order valence-corrected chi connectivity index (χ2v) is 6.82. The Kier molecular flexibility index (Phi) is 17.0. The summed E-state index contributed by atoms with van der Waals surface area (Å²) in [5, 5.41) is 0. The third-order valence-corrected chi connectivity index (χ3v) is 3.99. The topological polar surface area (TPSA) is 64.6 Å². The summed E-state index contributed by atoms with van der Waals surface area (Å²) >= 11 is 0. The summed E-state index contributed by atoms with van der Waals surface area (Å²) in [5.74, 6) is 0.547. The van der Waals surface area contributed by atoms with Gasteiger partial charge in [-0.2, -0.15) is 0 Å². The second kappa shape index (κ2) is 18.9. The molecule has 0 saturated heterocycles. The van der Waals surface area contributed by atoms with Crippen LogP contribution < -0.4 is 0 Å². The van der Waals surface area contributed by atoms with Crippen LogP contribution in [-0.4, -0.2) is 59.8 Å². The van der Waals surface area contributed by atoms with Crippen molar-refractivity contribution in [3.05, 3.63) is 35.4 Å². The zero-order valence-corrected chi connectivity index (χ0v) is 18.2. The molecule has 1 aromatic rings. The normalized spacial score (nSPS) is 11.4. The molecule has 0 spiro atoms. The Bertz CT molecular complexity index is 465. The summed E-state index contributed by atoms with van der Waals surface area (Å²) in [4.78, 5) is 9.84. The van der Waals surface area contributed by atoms with Gasteiger partial charge in [-0.15, -0.1) is 0 Å². The van der Waals surface area contributed by atoms with E-state index in [2.05, 4.69) is 45.0 Å². The molecule has 7 heteroatoms. The van der Waals surface area contributed by atoms with E-state index in [-0.39, 0.29) is 6.79 Å². The van der Waals surface area contributed by atoms with Crippen molar-refractivity contribution in [2.45, 2.75) is 46.1 Å². The van der Waals surface area contributed by atoms with Crippen LogP contribution in [0.3, 0.4) is 0 Å². The van der Waals surface area contributed by atoms with Crippen molar-refractivity contribution >= 4 is 0 Å². The van der Waals surface area contributed by atoms with E-state index in [0.717, 1.165) is 19.4 Å². The van der Waals surface area contributed by atoms with Crippen LogP contribution in [-0.2, 0) is 40.1 Å². The fourth-order valence-electron chi connectivity index (χ4n) is 2.23. The molecule has 1 rings (SSSR count). The van der Waals surface area contributed by atoms with Gasteiger partial charge in [0.2, 0.25) is 0 Å². The minimum absolute atomic E-state index is 0.0543. The van der Waals surface area contributed by atoms with Crippen LogP contribution in [0.15, 0.2) is 24.3 Å². The molecule has 0 radical (unpaired) electrons. The fraction of sp³-hybridized carbons (Fsp3) is 0.727. The summed E-state index contributed by atoms with van der Waals surface area (Å²) in [6, 6.07) is 8.52. The minimum atomic E-state index is 0.0543. The molecule has 0 bridgehead atoms. The Balaban J connectivity index is 1.77. The molecule has 0 aliphatic rings. The molecule has 0 heterocycles. The molecule has 0 N–H and O–H groups in total. The second-order valence-electron chi connectivity index (χ2n) is 6.82. The van der Waals surface area contributed by atoms with Gasteiger partial charge in [-0.25, -0.2) is 9.78 Å². The zero-order valence-electron chi connectivity index (χ0n) is 18.2. The molecule has 29 heavy (non-hydrogen) atoms. The summed E-state index contributed by atoms with van der Waals surface area (Å²) < 4.78 is 26.7. The van der Waals surface area contributed by atoms with Gasteiger partial charge in [0.05, 0.1) is 39.6 Å². The Labute approximate surface area is 175 Å². The van der Waals surface area contributed by atoms with Gasteiger partial charge >= 0.3 is 0 Å². The van der Waals surface area contributed by atoms with Gasteiger partial charge in [0.15, 0.2) is 6.79 Å². The number of ether oxygens (including phenoxy) is 5. The fourth-order valence-corrected chi connectivity index (χ4v) is 2.23. The molecule has 0 saturated carbocycles. The lowest BCUT2D eigenvalue weighted by molar-refractivity contribution is -0.340. The molecule has 0 aromatic heterocycles. The van der Waals surface area contributed by atoms with Crippen molar-refractivity contribution in [2.24, 2.45) is 0 Å². The van der Waals surface area contributed by atoms with Crippen molar-refractivity contribution in [3.8, 4) is 0 Å². The smallest absolute Gasteiger partial charge is 0.180 e. The number of unbranched alkanes of at least 4 members (excludes halogenated alkanes) is 1. The first kappa shape index (κ1) is 26.0. The third kappa shape index (κ3) is 15.4. The molecule has 0 atom stereocenters. The Morgan fingerprint density at radius 3 is 2.00 bits per heavy atom. The van der Waals surface area contributed by atoms with Gasteiger partial charge in [-0.3, -0.25) is 0 Å². The first-order valence-corrected chi connectivity index (χ1v) is 10.5. The van der Waals surface area contributed by atoms with E-state index in [1.165, 1.54) is 11.1 Å². The van der Waals surface area contributed by atoms with Crippen LogP contribution >= 0.6 is 0 Å². The highest BCUT2D eigenvalue weighted by Gasteiger charge is 1.99. The van der Waals surface area contributed by atoms with Crippen LogP contribution in [0.2, 0.25) is 0 Å². The first-order valence-electron chi connectivity index (χ1n) is 10.5. The highest BCUT2D eigenvalue weighted by molar-refractivity contribution is 5.24. The number of hydrogen-bond donors (Lipinski definition) is 0. The predicted molar refractivity (Wildman–Crippen MR) is 111 cm³/mol. The van der Waals surface area contributed by atoms with E-state index < -0.39 is 0 Å². The average Bonchev–Trinajstić information content (AvgIpc) is 2.73. The molecular weight excluding hydrogens is 376 g/mol. The Morgan fingerprint density at radius 1 is 0.655 bits per heavy atom. The molecule has 168 valence electrons. The molecule has 7 nitrogen and oxygen atoms in total. The number of benzene rings is 1. The maximum Gasteiger partial charge on any atom is 0.180 e. The third-order valence-electron chi connectivity index (χ3n) is 3.99. The monoisotopic (exact) mass is 414 g/mol. The Morgan fingerprint density at radius 2 is 1.28 bits per heavy atom. The van der Waals surface area contributed by atoms with Gasteiger partial charge in [-0.1, -0.05) is 51.5 Å². The lowest BCUT2D eigenvalue weighted by Crippen LogP contribution is -2.12. The van der Waals surface area contributed by atoms with Gasteiger partial charge in [0.25, 0.3) is 0 Å². The van der Waals surface area contributed by atoms with Crippen molar-refractivity contribution in [1.82, 2.24) is 0 Å². The molecule has 0 aliphatic heterocycles. The quantitative estimate of drug-likeness (QED) is 0.138. The SMILES string of the molecule is CCCCOCOCCOCOOCCOCCOCc1ccc(C(C)C)cc1. The summed E-state index contributed by atoms with van der Waals surface area (Å²) in [6.45, 7) is 10.9. The van der Waals surface area contributed by atoms with Crippen LogP contribution in [0.5, 0.6) is 0 Å². The van der Waals surface area contributed by atoms with E-state index in [4.69, 9.17) is 33.5 Å². The maximum atomic E-state index is 5.60. The van der Waals surface area contributed by atoms with Gasteiger partial charge in [0, 0.05) is 6.61 Å². The van der Waals surface area contributed by atoms with Crippen molar-refractivity contribution in [2.75, 3.05) is 59.8 Å². The lowest BCUT2D eigenvalue weighted by Gasteiger charge is -2.09. The van der Waals surface area contributed by atoms with Gasteiger partial charge < -0.3 is 23.7 Å². The predicted octanol–water partition coefficient (Wildman–Crippen LogP) is 4.06. The largest absolute Gasteiger partial charge is 0.377 e. The van der Waals surface area contributed by atoms with Gasteiger partial charge in [-0.05, 0) is 23.5 Å². The van der Waals surface area contributed by atoms with E-state index in [0.29, 0.717) is 59.0 Å². The van der Waals surface area contributed by atoms with E-state index in [9.17, 15) is 0 Å². The molecule has 0 amide bonds. The molecule has 0 aliphatic carbocycles. The van der Waals surface area contributed by atoms with Crippen LogP contribution in [0, 0.1) is 0 Å². The summed E-state index contributed by atoms with van der Waals surface area (Å²) in [6.07, 6.45) is 2.17. The summed E-state index contributed by atoms with van der Waals surface area (Å²) in [5.41, 5.74) is 2.51. The maximum absolute atomic E-state index is 5.60. The molecular formula is C22H38O7. The standard InChI is InChI=1S/C22H38O7/c1-4-5-10-25-18-26-13-14-27-19-29-28-16-15-23-11-12-24-17-21-6-8-22(9-7-21)20(2)3/h6-9,20H,4-5,10-19H2,1-3H3. The number of rotatable bonds is 20. The molecule has 0 unspecified atom stereocenters. The van der Waals surface area contributed by atoms with Crippen LogP contribution in [0.4, 0.5) is 0 Å². The minimum Gasteiger partial charge on any atom is -0.377 e. The summed E-state index contributed by atoms with van der Waals surface area (Å²) in [7, 11) is 0. The van der Waals surface area contributed by atoms with E-state index in [1.54, 1.807) is 0 Å². The Hall–Kier alpha value is -1.06. The molecule has 1 aromatic carbocycles. The number of hydrogen-bond acceptors (Lipinski definition) is 7. The van der Waals surface area contributed by atoms with E-state index >= 15 is 0 Å². The van der Waals surface area contributed by atoms with Crippen LogP contribution in [0.1, 0.15) is 50.7 Å². The lowest BCUT2D eigenvalue weighted by atomic mass is 10.0. The van der Waals surface area contributed by atoms with Crippen LogP contribution in [0.25, 0.3) is 0 Å². The van der Waals surface area contributed by atoms with Crippen molar-refractivity contribution < 1.29 is 33.5 Å². The first-order chi connectivity index (χ1) is 14.2. The molecule has 0 fully saturated rings. The van der Waals surface area contributed by atoms with Gasteiger partial charge in [0.1, 0.15) is 13.4 Å². The highest BCUT2D eigenvalue weighted by Crippen LogP contribution is 2.14. The van der Waals surface area contributed by atoms with Crippen molar-refractivity contribution in [1.29, 1.82) is 0 Å². The van der Waals surface area contributed by atoms with E-state index in [1.807, 2.05) is 0 Å². The van der Waals surface area contributed by atoms with Crippen molar-refractivity contribution in [3.63, 3.8) is 0 Å². The average molecular weight is 415 g/mol.